The van der Waals surface area contributed by atoms with Gasteiger partial charge in [0.05, 0.1) is 12.1 Å². The number of benzene rings is 1. The molecule has 0 saturated heterocycles. The molecule has 0 aliphatic rings. The van der Waals surface area contributed by atoms with Gasteiger partial charge in [-0.25, -0.2) is 0 Å². The van der Waals surface area contributed by atoms with Gasteiger partial charge in [-0.1, -0.05) is 12.1 Å². The van der Waals surface area contributed by atoms with Crippen molar-refractivity contribution in [3.05, 3.63) is 29.8 Å². The molecule has 0 aliphatic heterocycles. The van der Waals surface area contributed by atoms with E-state index in [1.807, 2.05) is 0 Å². The monoisotopic (exact) mass is 167 g/mol. The van der Waals surface area contributed by atoms with Gasteiger partial charge in [0.1, 0.15) is 5.75 Å². The van der Waals surface area contributed by atoms with Gasteiger partial charge in [-0.2, -0.15) is 0 Å². The maximum absolute atomic E-state index is 9.16. The van der Waals surface area contributed by atoms with Crippen molar-refractivity contribution in [3.8, 4) is 5.75 Å². The first-order valence-electron chi connectivity index (χ1n) is 3.84. The molecular formula is C9H13NO2. The molecule has 66 valence electrons. The van der Waals surface area contributed by atoms with Crippen molar-refractivity contribution in [2.45, 2.75) is 19.1 Å². The third-order valence-electron chi connectivity index (χ3n) is 1.77. The summed E-state index contributed by atoms with van der Waals surface area (Å²) in [6, 6.07) is 6.16. The smallest absolute Gasteiger partial charge is 0.115 e. The summed E-state index contributed by atoms with van der Waals surface area (Å²) < 4.78 is 0. The van der Waals surface area contributed by atoms with Crippen LogP contribution in [0.3, 0.4) is 0 Å². The lowest BCUT2D eigenvalue weighted by Gasteiger charge is -2.14. The Morgan fingerprint density at radius 3 is 2.58 bits per heavy atom. The van der Waals surface area contributed by atoms with Gasteiger partial charge in [-0.15, -0.1) is 0 Å². The van der Waals surface area contributed by atoms with Crippen LogP contribution in [0.5, 0.6) is 5.75 Å². The minimum Gasteiger partial charge on any atom is -0.508 e. The van der Waals surface area contributed by atoms with Crippen molar-refractivity contribution < 1.29 is 10.2 Å². The average molecular weight is 167 g/mol. The van der Waals surface area contributed by atoms with E-state index >= 15 is 0 Å². The largest absolute Gasteiger partial charge is 0.508 e. The molecule has 0 fully saturated rings. The van der Waals surface area contributed by atoms with Crippen molar-refractivity contribution in [1.82, 2.24) is 0 Å². The molecule has 4 N–H and O–H groups in total. The first kappa shape index (κ1) is 9.03. The topological polar surface area (TPSA) is 66.5 Å². The van der Waals surface area contributed by atoms with E-state index in [9.17, 15) is 0 Å². The predicted octanol–water partition coefficient (Wildman–Crippen LogP) is 0.773. The van der Waals surface area contributed by atoms with Crippen LogP contribution in [0.25, 0.3) is 0 Å². The van der Waals surface area contributed by atoms with E-state index in [2.05, 4.69) is 0 Å². The van der Waals surface area contributed by atoms with E-state index in [0.717, 1.165) is 5.56 Å². The molecule has 0 aromatic heterocycles. The van der Waals surface area contributed by atoms with Crippen LogP contribution < -0.4 is 5.73 Å². The van der Waals surface area contributed by atoms with Crippen LogP contribution in [0.15, 0.2) is 24.3 Å². The van der Waals surface area contributed by atoms with Crippen LogP contribution in [0.2, 0.25) is 0 Å². The molecule has 0 spiro atoms. The Morgan fingerprint density at radius 1 is 1.42 bits per heavy atom. The fraction of sp³-hybridized carbons (Fsp3) is 0.333. The van der Waals surface area contributed by atoms with Gasteiger partial charge in [-0.3, -0.25) is 0 Å². The summed E-state index contributed by atoms with van der Waals surface area (Å²) in [6.07, 6.45) is -0.605. The zero-order valence-corrected chi connectivity index (χ0v) is 6.94. The summed E-state index contributed by atoms with van der Waals surface area (Å²) in [4.78, 5) is 0. The highest BCUT2D eigenvalue weighted by Gasteiger charge is 2.11. The number of aliphatic hydroxyl groups excluding tert-OH is 1. The van der Waals surface area contributed by atoms with Gasteiger partial charge in [0.15, 0.2) is 0 Å². The number of aliphatic hydroxyl groups is 1. The maximum Gasteiger partial charge on any atom is 0.115 e. The molecule has 3 heteroatoms. The fourth-order valence-corrected chi connectivity index (χ4v) is 1.01. The highest BCUT2D eigenvalue weighted by Crippen LogP contribution is 2.18. The Morgan fingerprint density at radius 2 is 2.08 bits per heavy atom. The van der Waals surface area contributed by atoms with Crippen molar-refractivity contribution in [1.29, 1.82) is 0 Å². The second kappa shape index (κ2) is 3.56. The molecule has 0 aliphatic carbocycles. The normalized spacial score (nSPS) is 15.6. The third-order valence-corrected chi connectivity index (χ3v) is 1.77. The van der Waals surface area contributed by atoms with Crippen LogP contribution in [0.1, 0.15) is 18.5 Å². The first-order valence-corrected chi connectivity index (χ1v) is 3.84. The Kier molecular flexibility index (Phi) is 2.68. The average Bonchev–Trinajstić information content (AvgIpc) is 2.03. The first-order chi connectivity index (χ1) is 5.61. The number of hydrogen-bond acceptors (Lipinski definition) is 3. The van der Waals surface area contributed by atoms with Crippen molar-refractivity contribution in [3.63, 3.8) is 0 Å². The van der Waals surface area contributed by atoms with Crippen LogP contribution in [-0.4, -0.2) is 16.3 Å². The molecule has 12 heavy (non-hydrogen) atoms. The number of phenols is 1. The van der Waals surface area contributed by atoms with Crippen molar-refractivity contribution in [2.24, 2.45) is 5.73 Å². The van der Waals surface area contributed by atoms with E-state index in [0.29, 0.717) is 0 Å². The van der Waals surface area contributed by atoms with E-state index in [1.165, 1.54) is 0 Å². The fourth-order valence-electron chi connectivity index (χ4n) is 1.01. The minimum atomic E-state index is -0.605. The van der Waals surface area contributed by atoms with Crippen molar-refractivity contribution in [2.75, 3.05) is 0 Å². The summed E-state index contributed by atoms with van der Waals surface area (Å²) in [5.74, 6) is 0.170. The molecule has 3 nitrogen and oxygen atoms in total. The van der Waals surface area contributed by atoms with E-state index < -0.39 is 12.1 Å². The summed E-state index contributed by atoms with van der Waals surface area (Å²) in [7, 11) is 0. The zero-order chi connectivity index (χ0) is 9.14. The highest BCUT2D eigenvalue weighted by atomic mass is 16.3. The summed E-state index contributed by atoms with van der Waals surface area (Å²) >= 11 is 0. The standard InChI is InChI=1S/C9H13NO2/c1-6(11)9(10)7-3-2-4-8(12)5-7/h2-6,9,11-12H,10H2,1H3/t6-,9-/m0/s1. The molecule has 0 unspecified atom stereocenters. The quantitative estimate of drug-likeness (QED) is 0.609. The lowest BCUT2D eigenvalue weighted by molar-refractivity contribution is 0.164. The Hall–Kier alpha value is -1.06. The molecule has 2 atom stereocenters. The molecule has 1 aromatic rings. The molecule has 0 heterocycles. The Balaban J connectivity index is 2.88. The van der Waals surface area contributed by atoms with Crippen LogP contribution in [0, 0.1) is 0 Å². The number of aromatic hydroxyl groups is 1. The second-order valence-electron chi connectivity index (χ2n) is 2.86. The van der Waals surface area contributed by atoms with E-state index in [1.54, 1.807) is 31.2 Å². The highest BCUT2D eigenvalue weighted by molar-refractivity contribution is 5.29. The minimum absolute atomic E-state index is 0.170. The molecule has 0 amide bonds. The summed E-state index contributed by atoms with van der Waals surface area (Å²) in [5.41, 5.74) is 6.39. The second-order valence-corrected chi connectivity index (χ2v) is 2.86. The Bertz CT molecular complexity index is 260. The van der Waals surface area contributed by atoms with Crippen LogP contribution >= 0.6 is 0 Å². The number of hydrogen-bond donors (Lipinski definition) is 3. The predicted molar refractivity (Wildman–Crippen MR) is 46.7 cm³/mol. The Labute approximate surface area is 71.5 Å². The zero-order valence-electron chi connectivity index (χ0n) is 6.94. The van der Waals surface area contributed by atoms with Crippen LogP contribution in [0.4, 0.5) is 0 Å². The SMILES string of the molecule is C[C@H](O)[C@H](N)c1cccc(O)c1. The molecule has 0 radical (unpaired) electrons. The third kappa shape index (κ3) is 1.96. The molecular weight excluding hydrogens is 154 g/mol. The lowest BCUT2D eigenvalue weighted by Crippen LogP contribution is -2.22. The van der Waals surface area contributed by atoms with Gasteiger partial charge in [-0.05, 0) is 24.6 Å². The number of phenolic OH excluding ortho intramolecular Hbond substituents is 1. The van der Waals surface area contributed by atoms with Crippen LogP contribution in [-0.2, 0) is 0 Å². The maximum atomic E-state index is 9.16. The lowest BCUT2D eigenvalue weighted by atomic mass is 10.0. The van der Waals surface area contributed by atoms with E-state index in [-0.39, 0.29) is 5.75 Å². The molecule has 1 aromatic carbocycles. The molecule has 0 bridgehead atoms. The van der Waals surface area contributed by atoms with Gasteiger partial charge < -0.3 is 15.9 Å². The van der Waals surface area contributed by atoms with Gasteiger partial charge in [0.2, 0.25) is 0 Å². The number of nitrogens with two attached hydrogens (primary N) is 1. The summed E-state index contributed by atoms with van der Waals surface area (Å²) in [6.45, 7) is 1.62. The van der Waals surface area contributed by atoms with E-state index in [4.69, 9.17) is 15.9 Å². The van der Waals surface area contributed by atoms with Crippen molar-refractivity contribution >= 4 is 0 Å². The number of rotatable bonds is 2. The van der Waals surface area contributed by atoms with Gasteiger partial charge in [0, 0.05) is 0 Å². The molecule has 0 saturated carbocycles. The van der Waals surface area contributed by atoms with Gasteiger partial charge >= 0.3 is 0 Å². The van der Waals surface area contributed by atoms with Gasteiger partial charge in [0.25, 0.3) is 0 Å². The summed E-state index contributed by atoms with van der Waals surface area (Å²) in [5, 5.41) is 18.3. The molecule has 1 rings (SSSR count).